The summed E-state index contributed by atoms with van der Waals surface area (Å²) in [6.07, 6.45) is 4.11. The van der Waals surface area contributed by atoms with E-state index in [1.54, 1.807) is 0 Å². The SMILES string of the molecule is Clc1ccc(-c2noc(CN3CCC(c4nnc5ccccn45)CC3)n2)cc1. The van der Waals surface area contributed by atoms with Gasteiger partial charge in [0.05, 0.1) is 6.54 Å². The molecule has 1 fully saturated rings. The predicted octanol–water partition coefficient (Wildman–Crippen LogP) is 3.81. The quantitative estimate of drug-likeness (QED) is 0.524. The summed E-state index contributed by atoms with van der Waals surface area (Å²) >= 11 is 5.93. The molecular formula is C20H19ClN6O. The summed E-state index contributed by atoms with van der Waals surface area (Å²) in [5.74, 6) is 2.70. The number of halogens is 1. The van der Waals surface area contributed by atoms with Crippen molar-refractivity contribution in [1.29, 1.82) is 0 Å². The normalized spacial score (nSPS) is 16.0. The number of rotatable bonds is 4. The van der Waals surface area contributed by atoms with Gasteiger partial charge in [0.25, 0.3) is 0 Å². The van der Waals surface area contributed by atoms with E-state index in [9.17, 15) is 0 Å². The van der Waals surface area contributed by atoms with Crippen LogP contribution in [0.4, 0.5) is 0 Å². The van der Waals surface area contributed by atoms with Crippen molar-refractivity contribution in [3.8, 4) is 11.4 Å². The molecule has 4 heterocycles. The summed E-state index contributed by atoms with van der Waals surface area (Å²) in [7, 11) is 0. The molecule has 1 aliphatic heterocycles. The highest BCUT2D eigenvalue weighted by atomic mass is 35.5. The lowest BCUT2D eigenvalue weighted by atomic mass is 9.96. The Kier molecular flexibility index (Phi) is 4.54. The third kappa shape index (κ3) is 3.39. The molecule has 0 spiro atoms. The lowest BCUT2D eigenvalue weighted by molar-refractivity contribution is 0.178. The summed E-state index contributed by atoms with van der Waals surface area (Å²) in [5, 5.41) is 13.5. The van der Waals surface area contributed by atoms with Crippen LogP contribution in [0.15, 0.2) is 53.2 Å². The first-order valence-electron chi connectivity index (χ1n) is 9.37. The Labute approximate surface area is 167 Å². The molecule has 0 atom stereocenters. The number of pyridine rings is 1. The molecule has 0 amide bonds. The zero-order valence-electron chi connectivity index (χ0n) is 15.2. The molecule has 1 saturated heterocycles. The third-order valence-electron chi connectivity index (χ3n) is 5.22. The van der Waals surface area contributed by atoms with Crippen molar-refractivity contribution >= 4 is 17.2 Å². The second-order valence-electron chi connectivity index (χ2n) is 7.06. The van der Waals surface area contributed by atoms with Gasteiger partial charge in [-0.3, -0.25) is 9.30 Å². The minimum atomic E-state index is 0.418. The molecule has 7 nitrogen and oxygen atoms in total. The molecule has 0 saturated carbocycles. The third-order valence-corrected chi connectivity index (χ3v) is 5.47. The molecule has 3 aromatic heterocycles. The number of benzene rings is 1. The van der Waals surface area contributed by atoms with E-state index in [-0.39, 0.29) is 0 Å². The minimum absolute atomic E-state index is 0.418. The molecule has 0 aliphatic carbocycles. The molecule has 0 unspecified atom stereocenters. The fourth-order valence-corrected chi connectivity index (χ4v) is 3.84. The van der Waals surface area contributed by atoms with Crippen molar-refractivity contribution in [1.82, 2.24) is 29.6 Å². The van der Waals surface area contributed by atoms with Crippen LogP contribution in [0.25, 0.3) is 17.0 Å². The van der Waals surface area contributed by atoms with Crippen molar-refractivity contribution in [3.05, 3.63) is 65.4 Å². The lowest BCUT2D eigenvalue weighted by Gasteiger charge is -2.29. The van der Waals surface area contributed by atoms with Crippen molar-refractivity contribution in [2.45, 2.75) is 25.3 Å². The largest absolute Gasteiger partial charge is 0.338 e. The van der Waals surface area contributed by atoms with Crippen LogP contribution in [0, 0.1) is 0 Å². The molecule has 5 rings (SSSR count). The number of hydrogen-bond acceptors (Lipinski definition) is 6. The molecule has 0 bridgehead atoms. The molecule has 8 heteroatoms. The van der Waals surface area contributed by atoms with Crippen LogP contribution in [0.5, 0.6) is 0 Å². The molecule has 0 radical (unpaired) electrons. The first kappa shape index (κ1) is 17.3. The lowest BCUT2D eigenvalue weighted by Crippen LogP contribution is -2.33. The minimum Gasteiger partial charge on any atom is -0.338 e. The Morgan fingerprint density at radius 3 is 2.68 bits per heavy atom. The summed E-state index contributed by atoms with van der Waals surface area (Å²) in [6.45, 7) is 2.59. The second-order valence-corrected chi connectivity index (χ2v) is 7.49. The van der Waals surface area contributed by atoms with Gasteiger partial charge >= 0.3 is 0 Å². The van der Waals surface area contributed by atoms with Gasteiger partial charge in [0.2, 0.25) is 11.7 Å². The first-order chi connectivity index (χ1) is 13.8. The van der Waals surface area contributed by atoms with Crippen LogP contribution in [0.2, 0.25) is 5.02 Å². The van der Waals surface area contributed by atoms with Crippen LogP contribution < -0.4 is 0 Å². The maximum atomic E-state index is 5.93. The zero-order valence-corrected chi connectivity index (χ0v) is 16.0. The molecule has 1 aromatic carbocycles. The smallest absolute Gasteiger partial charge is 0.241 e. The van der Waals surface area contributed by atoms with E-state index < -0.39 is 0 Å². The van der Waals surface area contributed by atoms with Gasteiger partial charge in [-0.2, -0.15) is 4.98 Å². The zero-order chi connectivity index (χ0) is 18.9. The highest BCUT2D eigenvalue weighted by Crippen LogP contribution is 2.28. The van der Waals surface area contributed by atoms with E-state index >= 15 is 0 Å². The average molecular weight is 395 g/mol. The Hall–Kier alpha value is -2.77. The number of nitrogens with zero attached hydrogens (tertiary/aromatic N) is 6. The van der Waals surface area contributed by atoms with Gasteiger partial charge in [0, 0.05) is 22.7 Å². The molecular weight excluding hydrogens is 376 g/mol. The van der Waals surface area contributed by atoms with Crippen LogP contribution in [-0.2, 0) is 6.54 Å². The molecule has 4 aromatic rings. The number of hydrogen-bond donors (Lipinski definition) is 0. The Bertz CT molecular complexity index is 1080. The summed E-state index contributed by atoms with van der Waals surface area (Å²) in [4.78, 5) is 6.87. The molecule has 142 valence electrons. The standard InChI is InChI=1S/C20H19ClN6O/c21-16-6-4-14(5-7-16)19-22-18(28-25-19)13-26-11-8-15(9-12-26)20-24-23-17-3-1-2-10-27(17)20/h1-7,10,15H,8-9,11-13H2. The van der Waals surface area contributed by atoms with E-state index in [1.807, 2.05) is 48.7 Å². The van der Waals surface area contributed by atoms with Gasteiger partial charge in [-0.1, -0.05) is 22.8 Å². The van der Waals surface area contributed by atoms with Crippen LogP contribution in [0.3, 0.4) is 0 Å². The van der Waals surface area contributed by atoms with Gasteiger partial charge in [0.15, 0.2) is 5.65 Å². The maximum Gasteiger partial charge on any atom is 0.241 e. The number of piperidine rings is 1. The van der Waals surface area contributed by atoms with Gasteiger partial charge in [-0.05, 0) is 62.3 Å². The van der Waals surface area contributed by atoms with E-state index in [1.165, 1.54) is 0 Å². The van der Waals surface area contributed by atoms with Crippen LogP contribution in [0.1, 0.15) is 30.5 Å². The Morgan fingerprint density at radius 1 is 1.04 bits per heavy atom. The average Bonchev–Trinajstić information content (AvgIpc) is 3.36. The van der Waals surface area contributed by atoms with Gasteiger partial charge in [-0.15, -0.1) is 10.2 Å². The van der Waals surface area contributed by atoms with Crippen molar-refractivity contribution in [2.75, 3.05) is 13.1 Å². The highest BCUT2D eigenvalue weighted by Gasteiger charge is 2.25. The number of fused-ring (bicyclic) bond motifs is 1. The fraction of sp³-hybridized carbons (Fsp3) is 0.300. The molecule has 28 heavy (non-hydrogen) atoms. The van der Waals surface area contributed by atoms with Crippen molar-refractivity contribution in [2.24, 2.45) is 0 Å². The van der Waals surface area contributed by atoms with Crippen molar-refractivity contribution < 1.29 is 4.52 Å². The maximum absolute atomic E-state index is 5.93. The predicted molar refractivity (Wildman–Crippen MR) is 105 cm³/mol. The van der Waals surface area contributed by atoms with E-state index in [0.717, 1.165) is 43.0 Å². The number of aromatic nitrogens is 5. The van der Waals surface area contributed by atoms with E-state index in [2.05, 4.69) is 29.6 Å². The fourth-order valence-electron chi connectivity index (χ4n) is 3.71. The molecule has 1 aliphatic rings. The Balaban J connectivity index is 1.22. The monoisotopic (exact) mass is 394 g/mol. The van der Waals surface area contributed by atoms with E-state index in [4.69, 9.17) is 16.1 Å². The second kappa shape index (κ2) is 7.33. The van der Waals surface area contributed by atoms with Crippen LogP contribution >= 0.6 is 11.6 Å². The first-order valence-corrected chi connectivity index (χ1v) is 9.74. The topological polar surface area (TPSA) is 72.4 Å². The number of likely N-dealkylation sites (tertiary alicyclic amines) is 1. The van der Waals surface area contributed by atoms with Crippen molar-refractivity contribution in [3.63, 3.8) is 0 Å². The summed E-state index contributed by atoms with van der Waals surface area (Å²) in [5.41, 5.74) is 1.80. The highest BCUT2D eigenvalue weighted by molar-refractivity contribution is 6.30. The van der Waals surface area contributed by atoms with E-state index in [0.29, 0.717) is 29.2 Å². The Morgan fingerprint density at radius 2 is 1.86 bits per heavy atom. The van der Waals surface area contributed by atoms with Gasteiger partial charge in [0.1, 0.15) is 5.82 Å². The van der Waals surface area contributed by atoms with Gasteiger partial charge < -0.3 is 4.52 Å². The molecule has 0 N–H and O–H groups in total. The van der Waals surface area contributed by atoms with Gasteiger partial charge in [-0.25, -0.2) is 0 Å². The van der Waals surface area contributed by atoms with Crippen LogP contribution in [-0.4, -0.2) is 42.7 Å². The summed E-state index contributed by atoms with van der Waals surface area (Å²) < 4.78 is 7.54. The summed E-state index contributed by atoms with van der Waals surface area (Å²) in [6, 6.07) is 13.4.